The Morgan fingerprint density at radius 1 is 1.28 bits per heavy atom. The summed E-state index contributed by atoms with van der Waals surface area (Å²) in [6.45, 7) is 0.548. The molecule has 1 aliphatic rings. The fourth-order valence-corrected chi connectivity index (χ4v) is 3.07. The number of aromatic nitrogens is 2. The van der Waals surface area contributed by atoms with Crippen LogP contribution in [-0.2, 0) is 6.54 Å². The predicted octanol–water partition coefficient (Wildman–Crippen LogP) is 2.86. The normalized spacial score (nSPS) is 14.4. The summed E-state index contributed by atoms with van der Waals surface area (Å²) in [5.41, 5.74) is 0.858. The first-order valence-electron chi connectivity index (χ1n) is 8.49. The highest BCUT2D eigenvalue weighted by Crippen LogP contribution is 2.32. The summed E-state index contributed by atoms with van der Waals surface area (Å²) < 4.78 is 14.9. The van der Waals surface area contributed by atoms with Crippen LogP contribution in [-0.4, -0.2) is 22.1 Å². The maximum Gasteiger partial charge on any atom is 0.319 e. The first-order valence-corrected chi connectivity index (χ1v) is 8.49. The lowest BCUT2D eigenvalue weighted by molar-refractivity contribution is 0.251. The molecule has 2 N–H and O–H groups in total. The lowest BCUT2D eigenvalue weighted by Crippen LogP contribution is -2.34. The van der Waals surface area contributed by atoms with Crippen LogP contribution in [0.4, 0.5) is 14.9 Å². The molecule has 0 radical (unpaired) electrons. The number of benzene rings is 1. The number of para-hydroxylation sites is 1. The van der Waals surface area contributed by atoms with Crippen molar-refractivity contribution in [3.05, 3.63) is 58.5 Å². The minimum Gasteiger partial charge on any atom is -0.336 e. The van der Waals surface area contributed by atoms with E-state index in [-0.39, 0.29) is 17.8 Å². The average molecular weight is 344 g/mol. The highest BCUT2D eigenvalue weighted by atomic mass is 19.1. The van der Waals surface area contributed by atoms with Crippen molar-refractivity contribution in [1.29, 1.82) is 0 Å². The number of rotatable bonds is 5. The topological polar surface area (TPSA) is 76.0 Å². The molecule has 2 amide bonds. The van der Waals surface area contributed by atoms with E-state index in [0.29, 0.717) is 12.5 Å². The molecule has 1 fully saturated rings. The van der Waals surface area contributed by atoms with Crippen molar-refractivity contribution in [2.45, 2.75) is 38.1 Å². The Balaban J connectivity index is 1.51. The third-order valence-corrected chi connectivity index (χ3v) is 4.43. The van der Waals surface area contributed by atoms with Gasteiger partial charge in [-0.15, -0.1) is 0 Å². The Morgan fingerprint density at radius 2 is 2.04 bits per heavy atom. The minimum absolute atomic E-state index is 0.111. The Hall–Kier alpha value is -2.70. The second kappa shape index (κ2) is 7.92. The predicted molar refractivity (Wildman–Crippen MR) is 93.1 cm³/mol. The van der Waals surface area contributed by atoms with Crippen LogP contribution in [0.15, 0.2) is 41.5 Å². The molecule has 1 aliphatic carbocycles. The summed E-state index contributed by atoms with van der Waals surface area (Å²) >= 11 is 0. The molecule has 1 heterocycles. The Labute approximate surface area is 145 Å². The molecule has 3 rings (SSSR count). The molecule has 7 heteroatoms. The number of carbonyl (C=O) groups excluding carboxylic acids is 1. The highest BCUT2D eigenvalue weighted by Gasteiger charge is 2.18. The molecule has 0 unspecified atom stereocenters. The number of nitrogens with one attached hydrogen (secondary N) is 2. The summed E-state index contributed by atoms with van der Waals surface area (Å²) in [6.07, 6.45) is 6.10. The van der Waals surface area contributed by atoms with Crippen molar-refractivity contribution in [2.24, 2.45) is 0 Å². The highest BCUT2D eigenvalue weighted by molar-refractivity contribution is 5.89. The third kappa shape index (κ3) is 4.43. The molecule has 1 aromatic carbocycles. The maximum absolute atomic E-state index is 13.5. The lowest BCUT2D eigenvalue weighted by atomic mass is 10.0. The Bertz CT molecular complexity index is 800. The molecular formula is C18H21FN4O2. The van der Waals surface area contributed by atoms with E-state index in [0.717, 1.165) is 18.5 Å². The number of urea groups is 1. The van der Waals surface area contributed by atoms with Crippen molar-refractivity contribution >= 4 is 11.7 Å². The van der Waals surface area contributed by atoms with Gasteiger partial charge in [-0.25, -0.2) is 14.2 Å². The second-order valence-electron chi connectivity index (χ2n) is 6.19. The van der Waals surface area contributed by atoms with Crippen LogP contribution in [0.25, 0.3) is 0 Å². The fourth-order valence-electron chi connectivity index (χ4n) is 3.07. The zero-order valence-electron chi connectivity index (χ0n) is 13.9. The van der Waals surface area contributed by atoms with E-state index < -0.39 is 11.8 Å². The van der Waals surface area contributed by atoms with E-state index in [1.54, 1.807) is 18.2 Å². The van der Waals surface area contributed by atoms with Crippen LogP contribution in [0.2, 0.25) is 0 Å². The summed E-state index contributed by atoms with van der Waals surface area (Å²) in [6, 6.07) is 7.00. The van der Waals surface area contributed by atoms with Gasteiger partial charge in [0.25, 0.3) is 5.56 Å². The molecule has 2 aromatic rings. The summed E-state index contributed by atoms with van der Waals surface area (Å²) in [5, 5.41) is 5.03. The van der Waals surface area contributed by atoms with Crippen molar-refractivity contribution in [1.82, 2.24) is 14.9 Å². The SMILES string of the molecule is O=C(NCCn1cnc(C2CCCC2)cc1=O)Nc1ccccc1F. The van der Waals surface area contributed by atoms with Gasteiger partial charge in [-0.1, -0.05) is 25.0 Å². The number of amides is 2. The van der Waals surface area contributed by atoms with Gasteiger partial charge in [-0.3, -0.25) is 9.36 Å². The average Bonchev–Trinajstić information content (AvgIpc) is 3.13. The summed E-state index contributed by atoms with van der Waals surface area (Å²) in [7, 11) is 0. The van der Waals surface area contributed by atoms with E-state index in [1.165, 1.54) is 35.9 Å². The van der Waals surface area contributed by atoms with Crippen LogP contribution in [0.5, 0.6) is 0 Å². The van der Waals surface area contributed by atoms with Crippen molar-refractivity contribution < 1.29 is 9.18 Å². The van der Waals surface area contributed by atoms with Gasteiger partial charge in [0.1, 0.15) is 5.82 Å². The van der Waals surface area contributed by atoms with Gasteiger partial charge in [-0.2, -0.15) is 0 Å². The van der Waals surface area contributed by atoms with Crippen LogP contribution in [0.1, 0.15) is 37.3 Å². The van der Waals surface area contributed by atoms with Gasteiger partial charge in [0.05, 0.1) is 17.7 Å². The van der Waals surface area contributed by atoms with Crippen molar-refractivity contribution in [3.8, 4) is 0 Å². The molecule has 132 valence electrons. The number of anilines is 1. The van der Waals surface area contributed by atoms with Crippen molar-refractivity contribution in [2.75, 3.05) is 11.9 Å². The van der Waals surface area contributed by atoms with Gasteiger partial charge in [-0.05, 0) is 25.0 Å². The quantitative estimate of drug-likeness (QED) is 0.876. The van der Waals surface area contributed by atoms with Gasteiger partial charge >= 0.3 is 6.03 Å². The number of hydrogen-bond donors (Lipinski definition) is 2. The molecular weight excluding hydrogens is 323 g/mol. The summed E-state index contributed by atoms with van der Waals surface area (Å²) in [4.78, 5) is 28.3. The van der Waals surface area contributed by atoms with Crippen LogP contribution in [0.3, 0.4) is 0 Å². The molecule has 1 aromatic heterocycles. The zero-order valence-corrected chi connectivity index (χ0v) is 13.9. The molecule has 0 saturated heterocycles. The van der Waals surface area contributed by atoms with E-state index in [2.05, 4.69) is 15.6 Å². The maximum atomic E-state index is 13.5. The van der Waals surface area contributed by atoms with E-state index >= 15 is 0 Å². The number of hydrogen-bond acceptors (Lipinski definition) is 3. The van der Waals surface area contributed by atoms with Crippen LogP contribution >= 0.6 is 0 Å². The third-order valence-electron chi connectivity index (χ3n) is 4.43. The minimum atomic E-state index is -0.520. The standard InChI is InChI=1S/C18H21FN4O2/c19-14-7-3-4-8-15(14)22-18(25)20-9-10-23-12-21-16(11-17(23)24)13-5-1-2-6-13/h3-4,7-8,11-13H,1-2,5-6,9-10H2,(H2,20,22,25). The molecule has 6 nitrogen and oxygen atoms in total. The van der Waals surface area contributed by atoms with E-state index in [4.69, 9.17) is 0 Å². The molecule has 1 saturated carbocycles. The monoisotopic (exact) mass is 344 g/mol. The van der Waals surface area contributed by atoms with Crippen LogP contribution in [0, 0.1) is 5.82 Å². The Morgan fingerprint density at radius 3 is 2.76 bits per heavy atom. The second-order valence-corrected chi connectivity index (χ2v) is 6.19. The van der Waals surface area contributed by atoms with Gasteiger partial charge in [0.2, 0.25) is 0 Å². The molecule has 0 spiro atoms. The van der Waals surface area contributed by atoms with Gasteiger partial charge in [0.15, 0.2) is 0 Å². The largest absolute Gasteiger partial charge is 0.336 e. The van der Waals surface area contributed by atoms with Crippen LogP contribution < -0.4 is 16.2 Å². The van der Waals surface area contributed by atoms with E-state index in [1.807, 2.05) is 0 Å². The van der Waals surface area contributed by atoms with Gasteiger partial charge < -0.3 is 10.6 Å². The number of nitrogens with zero attached hydrogens (tertiary/aromatic N) is 2. The Kier molecular flexibility index (Phi) is 5.42. The zero-order chi connectivity index (χ0) is 17.6. The first-order chi connectivity index (χ1) is 12.1. The smallest absolute Gasteiger partial charge is 0.319 e. The van der Waals surface area contributed by atoms with Crippen molar-refractivity contribution in [3.63, 3.8) is 0 Å². The van der Waals surface area contributed by atoms with E-state index in [9.17, 15) is 14.0 Å². The number of carbonyl (C=O) groups is 1. The summed E-state index contributed by atoms with van der Waals surface area (Å²) in [5.74, 6) is -0.104. The van der Waals surface area contributed by atoms with Gasteiger partial charge in [0, 0.05) is 25.1 Å². The molecule has 0 bridgehead atoms. The molecule has 0 atom stereocenters. The molecule has 25 heavy (non-hydrogen) atoms. The fraction of sp³-hybridized carbons (Fsp3) is 0.389. The number of halogens is 1. The first kappa shape index (κ1) is 17.1. The lowest BCUT2D eigenvalue weighted by Gasteiger charge is -2.11. The molecule has 0 aliphatic heterocycles.